The molecule has 0 radical (unpaired) electrons. The largest absolute Gasteiger partial charge is 0.352 e. The van der Waals surface area contributed by atoms with Gasteiger partial charge >= 0.3 is 0 Å². The molecule has 0 heterocycles. The molecule has 0 saturated carbocycles. The van der Waals surface area contributed by atoms with E-state index >= 15 is 0 Å². The zero-order valence-corrected chi connectivity index (χ0v) is 24.5. The van der Waals surface area contributed by atoms with E-state index in [-0.39, 0.29) is 30.8 Å². The fourth-order valence-corrected chi connectivity index (χ4v) is 5.39. The lowest BCUT2D eigenvalue weighted by Gasteiger charge is -2.34. The average Bonchev–Trinajstić information content (AvgIpc) is 2.89. The van der Waals surface area contributed by atoms with Gasteiger partial charge in [-0.15, -0.1) is 0 Å². The molecule has 9 heteroatoms. The number of nitrogens with one attached hydrogen (secondary N) is 1. The number of amides is 2. The lowest BCUT2D eigenvalue weighted by molar-refractivity contribution is -0.140. The number of rotatable bonds is 12. The zero-order chi connectivity index (χ0) is 29.4. The van der Waals surface area contributed by atoms with Gasteiger partial charge in [0.2, 0.25) is 21.8 Å². The lowest BCUT2D eigenvalue weighted by Crippen LogP contribution is -2.54. The maximum atomic E-state index is 14.1. The number of carbonyl (C=O) groups is 2. The minimum atomic E-state index is -3.87. The highest BCUT2D eigenvalue weighted by Gasteiger charge is 2.33. The van der Waals surface area contributed by atoms with Crippen LogP contribution in [0.5, 0.6) is 0 Å². The van der Waals surface area contributed by atoms with E-state index in [9.17, 15) is 22.4 Å². The van der Waals surface area contributed by atoms with Crippen molar-refractivity contribution in [2.45, 2.75) is 58.7 Å². The minimum absolute atomic E-state index is 0.00789. The summed E-state index contributed by atoms with van der Waals surface area (Å²) < 4.78 is 40.8. The summed E-state index contributed by atoms with van der Waals surface area (Å²) in [6.07, 6.45) is 1.28. The maximum absolute atomic E-state index is 14.1. The molecule has 0 aliphatic heterocycles. The van der Waals surface area contributed by atoms with Crippen LogP contribution in [-0.2, 0) is 32.6 Å². The number of anilines is 1. The van der Waals surface area contributed by atoms with Crippen molar-refractivity contribution < 1.29 is 22.4 Å². The normalized spacial score (nSPS) is 12.3. The van der Waals surface area contributed by atoms with Crippen molar-refractivity contribution in [2.75, 3.05) is 17.1 Å². The molecule has 0 aliphatic carbocycles. The summed E-state index contributed by atoms with van der Waals surface area (Å²) in [7, 11) is -3.87. The molecule has 7 nitrogen and oxygen atoms in total. The highest BCUT2D eigenvalue weighted by atomic mass is 32.2. The summed E-state index contributed by atoms with van der Waals surface area (Å²) in [6, 6.07) is 21.0. The molecule has 3 aromatic carbocycles. The Hall–Kier alpha value is -3.72. The predicted octanol–water partition coefficient (Wildman–Crippen LogP) is 4.88. The minimum Gasteiger partial charge on any atom is -0.352 e. The van der Waals surface area contributed by atoms with E-state index in [0.717, 1.165) is 21.7 Å². The number of carbonyl (C=O) groups excluding carboxylic acids is 2. The highest BCUT2D eigenvalue weighted by Crippen LogP contribution is 2.29. The van der Waals surface area contributed by atoms with E-state index in [4.69, 9.17) is 0 Å². The van der Waals surface area contributed by atoms with Crippen LogP contribution < -0.4 is 9.62 Å². The molecule has 3 aromatic rings. The van der Waals surface area contributed by atoms with Gasteiger partial charge in [0.05, 0.1) is 11.9 Å². The third-order valence-electron chi connectivity index (χ3n) is 6.47. The first-order chi connectivity index (χ1) is 18.9. The fourth-order valence-electron chi connectivity index (χ4n) is 4.52. The number of hydrogen-bond acceptors (Lipinski definition) is 4. The van der Waals surface area contributed by atoms with Crippen molar-refractivity contribution in [1.29, 1.82) is 0 Å². The molecule has 40 heavy (non-hydrogen) atoms. The number of sulfonamides is 1. The molecule has 0 aliphatic rings. The number of nitrogens with zero attached hydrogens (tertiary/aromatic N) is 2. The fraction of sp³-hybridized carbons (Fsp3) is 0.355. The molecule has 1 atom stereocenters. The number of para-hydroxylation sites is 1. The molecule has 0 unspecified atom stereocenters. The van der Waals surface area contributed by atoms with Gasteiger partial charge in [-0.2, -0.15) is 0 Å². The Morgan fingerprint density at radius 2 is 1.45 bits per heavy atom. The first-order valence-electron chi connectivity index (χ1n) is 13.3. The Kier molecular flexibility index (Phi) is 10.5. The third-order valence-corrected chi connectivity index (χ3v) is 7.60. The van der Waals surface area contributed by atoms with E-state index in [0.29, 0.717) is 11.3 Å². The van der Waals surface area contributed by atoms with E-state index in [1.165, 1.54) is 17.0 Å². The second-order valence-corrected chi connectivity index (χ2v) is 12.4. The molecule has 0 saturated heterocycles. The Morgan fingerprint density at radius 3 is 2.02 bits per heavy atom. The van der Waals surface area contributed by atoms with Gasteiger partial charge in [-0.1, -0.05) is 74.5 Å². The number of benzene rings is 3. The third kappa shape index (κ3) is 8.39. The second kappa shape index (κ2) is 13.6. The van der Waals surface area contributed by atoms with Crippen molar-refractivity contribution in [3.05, 3.63) is 101 Å². The van der Waals surface area contributed by atoms with Crippen molar-refractivity contribution in [3.63, 3.8) is 0 Å². The van der Waals surface area contributed by atoms with Gasteiger partial charge in [-0.25, -0.2) is 12.8 Å². The summed E-state index contributed by atoms with van der Waals surface area (Å²) in [5, 5.41) is 2.91. The van der Waals surface area contributed by atoms with Crippen LogP contribution in [0, 0.1) is 5.82 Å². The van der Waals surface area contributed by atoms with Crippen molar-refractivity contribution in [3.8, 4) is 0 Å². The van der Waals surface area contributed by atoms with Crippen LogP contribution in [0.4, 0.5) is 10.1 Å². The van der Waals surface area contributed by atoms with Crippen LogP contribution in [-0.4, -0.2) is 50.0 Å². The molecule has 0 spiro atoms. The lowest BCUT2D eigenvalue weighted by atomic mass is 10.0. The number of halogens is 1. The SMILES string of the molecule is CC(C)NC(=O)[C@@H](Cc1ccccc1)N(Cc1ccc(F)cc1)C(=O)CN(c1ccccc1C(C)C)S(C)(=O)=O. The summed E-state index contributed by atoms with van der Waals surface area (Å²) in [5.41, 5.74) is 2.65. The summed E-state index contributed by atoms with van der Waals surface area (Å²) in [6.45, 7) is 7.06. The van der Waals surface area contributed by atoms with Crippen LogP contribution in [0.1, 0.15) is 50.3 Å². The molecule has 1 N–H and O–H groups in total. The molecular formula is C31H38FN3O4S. The molecule has 0 fully saturated rings. The summed E-state index contributed by atoms with van der Waals surface area (Å²) >= 11 is 0. The van der Waals surface area contributed by atoms with Gasteiger partial charge in [-0.05, 0) is 54.7 Å². The molecule has 2 amide bonds. The van der Waals surface area contributed by atoms with Gasteiger partial charge in [0.25, 0.3) is 0 Å². The topological polar surface area (TPSA) is 86.8 Å². The number of hydrogen-bond donors (Lipinski definition) is 1. The molecular weight excluding hydrogens is 529 g/mol. The Labute approximate surface area is 237 Å². The second-order valence-electron chi connectivity index (χ2n) is 10.5. The van der Waals surface area contributed by atoms with Gasteiger partial charge < -0.3 is 10.2 Å². The first-order valence-corrected chi connectivity index (χ1v) is 15.2. The van der Waals surface area contributed by atoms with Gasteiger partial charge in [0.1, 0.15) is 18.4 Å². The Morgan fingerprint density at radius 1 is 0.850 bits per heavy atom. The first kappa shape index (κ1) is 30.8. The highest BCUT2D eigenvalue weighted by molar-refractivity contribution is 7.92. The quantitative estimate of drug-likeness (QED) is 0.338. The predicted molar refractivity (Wildman–Crippen MR) is 157 cm³/mol. The molecule has 0 aromatic heterocycles. The van der Waals surface area contributed by atoms with Gasteiger partial charge in [-0.3, -0.25) is 13.9 Å². The smallest absolute Gasteiger partial charge is 0.244 e. The molecule has 214 valence electrons. The van der Waals surface area contributed by atoms with Crippen LogP contribution in [0.2, 0.25) is 0 Å². The summed E-state index contributed by atoms with van der Waals surface area (Å²) in [5.74, 6) is -1.32. The average molecular weight is 568 g/mol. The van der Waals surface area contributed by atoms with Gasteiger partial charge in [0, 0.05) is 19.0 Å². The van der Waals surface area contributed by atoms with Gasteiger partial charge in [0.15, 0.2) is 0 Å². The van der Waals surface area contributed by atoms with Crippen molar-refractivity contribution >= 4 is 27.5 Å². The monoisotopic (exact) mass is 567 g/mol. The van der Waals surface area contributed by atoms with Crippen LogP contribution in [0.3, 0.4) is 0 Å². The molecule has 3 rings (SSSR count). The Bertz CT molecular complexity index is 1390. The van der Waals surface area contributed by atoms with Crippen LogP contribution in [0.15, 0.2) is 78.9 Å². The van der Waals surface area contributed by atoms with Crippen molar-refractivity contribution in [2.24, 2.45) is 0 Å². The van der Waals surface area contributed by atoms with Crippen LogP contribution >= 0.6 is 0 Å². The molecule has 0 bridgehead atoms. The Balaban J connectivity index is 2.09. The van der Waals surface area contributed by atoms with E-state index < -0.39 is 34.3 Å². The van der Waals surface area contributed by atoms with E-state index in [1.54, 1.807) is 24.3 Å². The van der Waals surface area contributed by atoms with Crippen molar-refractivity contribution in [1.82, 2.24) is 10.2 Å². The van der Waals surface area contributed by atoms with E-state index in [2.05, 4.69) is 5.32 Å². The summed E-state index contributed by atoms with van der Waals surface area (Å²) in [4.78, 5) is 29.1. The van der Waals surface area contributed by atoms with Crippen LogP contribution in [0.25, 0.3) is 0 Å². The standard InChI is InChI=1S/C31H38FN3O4S/c1-22(2)27-13-9-10-14-28(27)35(40(5,38)39)21-30(36)34(20-25-15-17-26(32)18-16-25)29(31(37)33-23(3)4)19-24-11-7-6-8-12-24/h6-18,22-23,29H,19-21H2,1-5H3,(H,33,37)/t29-/m1/s1. The zero-order valence-electron chi connectivity index (χ0n) is 23.7. The van der Waals surface area contributed by atoms with E-state index in [1.807, 2.05) is 70.2 Å². The maximum Gasteiger partial charge on any atom is 0.244 e.